The fraction of sp³-hybridized carbons (Fsp3) is 0.750. The Morgan fingerprint density at radius 3 is 2.40 bits per heavy atom. The highest BCUT2D eigenvalue weighted by Gasteiger charge is 2.25. The van der Waals surface area contributed by atoms with Gasteiger partial charge in [-0.05, 0) is 12.3 Å². The van der Waals surface area contributed by atoms with Crippen LogP contribution in [0.3, 0.4) is 0 Å². The molecule has 0 amide bonds. The summed E-state index contributed by atoms with van der Waals surface area (Å²) in [5.41, 5.74) is -0.0744. The standard InChI is InChI=1S/C12H20O3/c1-6-7-10(9(2)13)11(14)15-8-12(3,4)5/h1,9-10,13H,7-8H2,2-5H3/t9-,10+/m0/s1. The van der Waals surface area contributed by atoms with Gasteiger partial charge in [0.25, 0.3) is 0 Å². The summed E-state index contributed by atoms with van der Waals surface area (Å²) in [6.45, 7) is 7.79. The minimum Gasteiger partial charge on any atom is -0.465 e. The van der Waals surface area contributed by atoms with E-state index < -0.39 is 18.0 Å². The summed E-state index contributed by atoms with van der Waals surface area (Å²) in [5, 5.41) is 9.35. The van der Waals surface area contributed by atoms with Gasteiger partial charge >= 0.3 is 5.97 Å². The molecule has 15 heavy (non-hydrogen) atoms. The van der Waals surface area contributed by atoms with Gasteiger partial charge in [-0.15, -0.1) is 12.3 Å². The Bertz CT molecular complexity index is 243. The van der Waals surface area contributed by atoms with Crippen molar-refractivity contribution in [2.24, 2.45) is 11.3 Å². The SMILES string of the molecule is C#CC[C@@H](C(=O)OCC(C)(C)C)[C@H](C)O. The Kier molecular flexibility index (Phi) is 5.38. The molecule has 2 atom stereocenters. The normalized spacial score (nSPS) is 15.2. The Balaban J connectivity index is 4.23. The first kappa shape index (κ1) is 14.0. The van der Waals surface area contributed by atoms with Gasteiger partial charge < -0.3 is 9.84 Å². The topological polar surface area (TPSA) is 46.5 Å². The first-order valence-corrected chi connectivity index (χ1v) is 5.06. The number of terminal acetylenes is 1. The molecule has 0 unspecified atom stereocenters. The Labute approximate surface area is 91.8 Å². The zero-order valence-corrected chi connectivity index (χ0v) is 9.91. The Morgan fingerprint density at radius 1 is 1.53 bits per heavy atom. The maximum absolute atomic E-state index is 11.5. The summed E-state index contributed by atoms with van der Waals surface area (Å²) in [6.07, 6.45) is 4.56. The van der Waals surface area contributed by atoms with Crippen LogP contribution in [0.1, 0.15) is 34.1 Å². The summed E-state index contributed by atoms with van der Waals surface area (Å²) < 4.78 is 5.09. The van der Waals surface area contributed by atoms with Gasteiger partial charge in [0, 0.05) is 6.42 Å². The van der Waals surface area contributed by atoms with E-state index >= 15 is 0 Å². The van der Waals surface area contributed by atoms with Gasteiger partial charge in [-0.2, -0.15) is 0 Å². The van der Waals surface area contributed by atoms with Crippen LogP contribution in [0.25, 0.3) is 0 Å². The predicted octanol–water partition coefficient (Wildman–Crippen LogP) is 1.60. The lowest BCUT2D eigenvalue weighted by atomic mass is 9.97. The van der Waals surface area contributed by atoms with Crippen molar-refractivity contribution >= 4 is 5.97 Å². The first-order chi connectivity index (χ1) is 6.78. The van der Waals surface area contributed by atoms with E-state index in [0.29, 0.717) is 6.61 Å². The van der Waals surface area contributed by atoms with Crippen molar-refractivity contribution in [1.82, 2.24) is 0 Å². The lowest BCUT2D eigenvalue weighted by molar-refractivity contribution is -0.154. The molecule has 0 fully saturated rings. The van der Waals surface area contributed by atoms with Gasteiger partial charge in [-0.25, -0.2) is 0 Å². The molecule has 0 aliphatic carbocycles. The van der Waals surface area contributed by atoms with Gasteiger partial charge in [-0.3, -0.25) is 4.79 Å². The third-order valence-corrected chi connectivity index (χ3v) is 1.87. The molecule has 0 rings (SSSR count). The van der Waals surface area contributed by atoms with Crippen LogP contribution in [0.2, 0.25) is 0 Å². The summed E-state index contributed by atoms with van der Waals surface area (Å²) in [6, 6.07) is 0. The summed E-state index contributed by atoms with van der Waals surface area (Å²) in [7, 11) is 0. The molecule has 86 valence electrons. The van der Waals surface area contributed by atoms with E-state index in [1.54, 1.807) is 6.92 Å². The van der Waals surface area contributed by atoms with Crippen molar-refractivity contribution in [1.29, 1.82) is 0 Å². The molecule has 0 saturated carbocycles. The largest absolute Gasteiger partial charge is 0.465 e. The number of ether oxygens (including phenoxy) is 1. The van der Waals surface area contributed by atoms with E-state index in [0.717, 1.165) is 0 Å². The van der Waals surface area contributed by atoms with Crippen LogP contribution in [-0.4, -0.2) is 23.8 Å². The van der Waals surface area contributed by atoms with Crippen molar-refractivity contribution in [2.45, 2.75) is 40.2 Å². The van der Waals surface area contributed by atoms with Crippen LogP contribution in [0.15, 0.2) is 0 Å². The molecule has 0 radical (unpaired) electrons. The second-order valence-corrected chi connectivity index (χ2v) is 4.92. The predicted molar refractivity (Wildman–Crippen MR) is 59.0 cm³/mol. The number of carbonyl (C=O) groups excluding carboxylic acids is 1. The molecule has 0 spiro atoms. The number of carbonyl (C=O) groups is 1. The molecule has 0 aromatic heterocycles. The molecule has 0 aliphatic heterocycles. The highest BCUT2D eigenvalue weighted by molar-refractivity contribution is 5.73. The van der Waals surface area contributed by atoms with Crippen LogP contribution < -0.4 is 0 Å². The van der Waals surface area contributed by atoms with Crippen molar-refractivity contribution < 1.29 is 14.6 Å². The number of hydrogen-bond donors (Lipinski definition) is 1. The van der Waals surface area contributed by atoms with Gasteiger partial charge in [0.15, 0.2) is 0 Å². The quantitative estimate of drug-likeness (QED) is 0.568. The molecular formula is C12H20O3. The monoisotopic (exact) mass is 212 g/mol. The average molecular weight is 212 g/mol. The van der Waals surface area contributed by atoms with Crippen molar-refractivity contribution in [2.75, 3.05) is 6.61 Å². The maximum Gasteiger partial charge on any atom is 0.312 e. The number of esters is 1. The molecule has 0 heterocycles. The first-order valence-electron chi connectivity index (χ1n) is 5.06. The molecule has 0 bridgehead atoms. The molecule has 1 N–H and O–H groups in total. The van der Waals surface area contributed by atoms with Gasteiger partial charge in [0.1, 0.15) is 0 Å². The second-order valence-electron chi connectivity index (χ2n) is 4.92. The van der Waals surface area contributed by atoms with Crippen LogP contribution in [0, 0.1) is 23.7 Å². The number of aliphatic hydroxyl groups is 1. The van der Waals surface area contributed by atoms with Crippen LogP contribution in [0.4, 0.5) is 0 Å². The highest BCUT2D eigenvalue weighted by Crippen LogP contribution is 2.16. The van der Waals surface area contributed by atoms with Crippen LogP contribution in [0.5, 0.6) is 0 Å². The zero-order chi connectivity index (χ0) is 12.1. The molecule has 0 aromatic rings. The van der Waals surface area contributed by atoms with Crippen molar-refractivity contribution in [3.05, 3.63) is 0 Å². The van der Waals surface area contributed by atoms with Crippen molar-refractivity contribution in [3.8, 4) is 12.3 Å². The van der Waals surface area contributed by atoms with E-state index in [-0.39, 0.29) is 11.8 Å². The molecule has 0 aromatic carbocycles. The molecule has 0 saturated heterocycles. The van der Waals surface area contributed by atoms with Crippen LogP contribution in [-0.2, 0) is 9.53 Å². The Morgan fingerprint density at radius 2 is 2.07 bits per heavy atom. The zero-order valence-electron chi connectivity index (χ0n) is 9.91. The van der Waals surface area contributed by atoms with Gasteiger partial charge in [0.05, 0.1) is 18.6 Å². The summed E-state index contributed by atoms with van der Waals surface area (Å²) in [4.78, 5) is 11.5. The molecule has 0 aliphatic rings. The molecule has 3 nitrogen and oxygen atoms in total. The van der Waals surface area contributed by atoms with E-state index in [9.17, 15) is 9.90 Å². The average Bonchev–Trinajstić information content (AvgIpc) is 2.08. The molecular weight excluding hydrogens is 192 g/mol. The van der Waals surface area contributed by atoms with E-state index in [4.69, 9.17) is 11.2 Å². The second kappa shape index (κ2) is 5.77. The third-order valence-electron chi connectivity index (χ3n) is 1.87. The highest BCUT2D eigenvalue weighted by atomic mass is 16.5. The summed E-state index contributed by atoms with van der Waals surface area (Å²) >= 11 is 0. The van der Waals surface area contributed by atoms with Gasteiger partial charge in [0.2, 0.25) is 0 Å². The molecule has 3 heteroatoms. The fourth-order valence-corrected chi connectivity index (χ4v) is 0.972. The van der Waals surface area contributed by atoms with Gasteiger partial charge in [-0.1, -0.05) is 20.8 Å². The lowest BCUT2D eigenvalue weighted by Crippen LogP contribution is -2.30. The Hall–Kier alpha value is -1.01. The third kappa shape index (κ3) is 6.14. The minimum atomic E-state index is -0.770. The lowest BCUT2D eigenvalue weighted by Gasteiger charge is -2.21. The number of hydrogen-bond acceptors (Lipinski definition) is 3. The number of aliphatic hydroxyl groups excluding tert-OH is 1. The van der Waals surface area contributed by atoms with E-state index in [1.807, 2.05) is 20.8 Å². The fourth-order valence-electron chi connectivity index (χ4n) is 0.972. The summed E-state index contributed by atoms with van der Waals surface area (Å²) in [5.74, 6) is 1.33. The van der Waals surface area contributed by atoms with E-state index in [2.05, 4.69) is 5.92 Å². The van der Waals surface area contributed by atoms with Crippen molar-refractivity contribution in [3.63, 3.8) is 0 Å². The number of rotatable bonds is 4. The minimum absolute atomic E-state index is 0.0744. The maximum atomic E-state index is 11.5. The smallest absolute Gasteiger partial charge is 0.312 e. The van der Waals surface area contributed by atoms with E-state index in [1.165, 1.54) is 0 Å². The van der Waals surface area contributed by atoms with Crippen LogP contribution >= 0.6 is 0 Å².